The van der Waals surface area contributed by atoms with Gasteiger partial charge in [0.1, 0.15) is 5.82 Å². The lowest BCUT2D eigenvalue weighted by molar-refractivity contribution is 0.185. The molecule has 1 N–H and O–H groups in total. The van der Waals surface area contributed by atoms with E-state index < -0.39 is 0 Å². The number of benzene rings is 1. The van der Waals surface area contributed by atoms with Crippen molar-refractivity contribution < 1.29 is 4.39 Å². The Bertz CT molecular complexity index is 443. The maximum absolute atomic E-state index is 14.1. The van der Waals surface area contributed by atoms with Gasteiger partial charge in [0, 0.05) is 30.7 Å². The fraction of sp³-hybridized carbons (Fsp3) is 0.667. The van der Waals surface area contributed by atoms with Gasteiger partial charge in [0.2, 0.25) is 0 Å². The average Bonchev–Trinajstić information content (AvgIpc) is 3.25. The first-order chi connectivity index (χ1) is 10.0. The third-order valence-corrected chi connectivity index (χ3v) is 4.31. The lowest BCUT2D eigenvalue weighted by Gasteiger charge is -2.31. The third kappa shape index (κ3) is 4.52. The molecule has 0 heterocycles. The minimum atomic E-state index is -0.106. The van der Waals surface area contributed by atoms with E-state index in [0.717, 1.165) is 24.7 Å². The van der Waals surface area contributed by atoms with Crippen molar-refractivity contribution >= 4 is 0 Å². The Kier molecular flexibility index (Phi) is 5.77. The van der Waals surface area contributed by atoms with Crippen molar-refractivity contribution in [3.63, 3.8) is 0 Å². The molecule has 1 aliphatic rings. The van der Waals surface area contributed by atoms with Gasteiger partial charge < -0.3 is 5.32 Å². The minimum Gasteiger partial charge on any atom is -0.313 e. The van der Waals surface area contributed by atoms with E-state index in [0.29, 0.717) is 11.8 Å². The van der Waals surface area contributed by atoms with Crippen molar-refractivity contribution in [1.29, 1.82) is 0 Å². The van der Waals surface area contributed by atoms with Gasteiger partial charge in [0.05, 0.1) is 0 Å². The molecule has 1 aromatic carbocycles. The van der Waals surface area contributed by atoms with E-state index in [1.807, 2.05) is 19.2 Å². The molecule has 1 fully saturated rings. The van der Waals surface area contributed by atoms with Gasteiger partial charge in [0.25, 0.3) is 0 Å². The Morgan fingerprint density at radius 1 is 1.19 bits per heavy atom. The summed E-state index contributed by atoms with van der Waals surface area (Å²) in [4.78, 5) is 2.60. The van der Waals surface area contributed by atoms with Crippen LogP contribution in [0.15, 0.2) is 24.3 Å². The molecule has 0 radical (unpaired) electrons. The van der Waals surface area contributed by atoms with Crippen LogP contribution in [-0.2, 0) is 0 Å². The van der Waals surface area contributed by atoms with Gasteiger partial charge >= 0.3 is 0 Å². The summed E-state index contributed by atoms with van der Waals surface area (Å²) in [7, 11) is 1.93. The second-order valence-electron chi connectivity index (χ2n) is 6.84. The Labute approximate surface area is 128 Å². The lowest BCUT2D eigenvalue weighted by Crippen LogP contribution is -2.38. The first-order valence-corrected chi connectivity index (χ1v) is 8.18. The molecule has 1 saturated carbocycles. The average molecular weight is 292 g/mol. The zero-order valence-electron chi connectivity index (χ0n) is 13.8. The maximum Gasteiger partial charge on any atom is 0.127 e. The summed E-state index contributed by atoms with van der Waals surface area (Å²) < 4.78 is 14.1. The van der Waals surface area contributed by atoms with Crippen LogP contribution in [0.1, 0.15) is 45.2 Å². The van der Waals surface area contributed by atoms with Crippen molar-refractivity contribution in [3.8, 4) is 0 Å². The summed E-state index contributed by atoms with van der Waals surface area (Å²) in [5.41, 5.74) is 0.785. The van der Waals surface area contributed by atoms with Crippen molar-refractivity contribution in [2.45, 2.75) is 45.7 Å². The molecule has 2 rings (SSSR count). The van der Waals surface area contributed by atoms with Crippen LogP contribution in [0.5, 0.6) is 0 Å². The molecule has 0 amide bonds. The number of nitrogens with one attached hydrogen (secondary N) is 1. The maximum atomic E-state index is 14.1. The Morgan fingerprint density at radius 3 is 2.38 bits per heavy atom. The molecular formula is C18H29FN2. The number of halogens is 1. The summed E-state index contributed by atoms with van der Waals surface area (Å²) in [5.74, 6) is 0.955. The number of hydrogen-bond donors (Lipinski definition) is 1. The topological polar surface area (TPSA) is 15.3 Å². The lowest BCUT2D eigenvalue weighted by atomic mass is 9.93. The molecule has 0 bridgehead atoms. The minimum absolute atomic E-state index is 0.0691. The molecule has 1 aromatic rings. The molecule has 2 unspecified atom stereocenters. The number of nitrogens with zero attached hydrogens (tertiary/aromatic N) is 1. The van der Waals surface area contributed by atoms with E-state index in [4.69, 9.17) is 0 Å². The van der Waals surface area contributed by atoms with Gasteiger partial charge in [-0.3, -0.25) is 4.90 Å². The number of hydrogen-bond acceptors (Lipinski definition) is 2. The fourth-order valence-corrected chi connectivity index (χ4v) is 3.23. The van der Waals surface area contributed by atoms with Crippen LogP contribution in [0, 0.1) is 17.7 Å². The summed E-state index contributed by atoms with van der Waals surface area (Å²) in [6.45, 7) is 8.94. The molecule has 21 heavy (non-hydrogen) atoms. The highest BCUT2D eigenvalue weighted by Crippen LogP contribution is 2.31. The summed E-state index contributed by atoms with van der Waals surface area (Å²) in [6.07, 6.45) is 2.65. The van der Waals surface area contributed by atoms with Gasteiger partial charge in [-0.15, -0.1) is 0 Å². The van der Waals surface area contributed by atoms with Gasteiger partial charge in [-0.05, 0) is 37.8 Å². The predicted octanol–water partition coefficient (Wildman–Crippen LogP) is 3.84. The molecule has 0 spiro atoms. The largest absolute Gasteiger partial charge is 0.313 e. The van der Waals surface area contributed by atoms with Crippen LogP contribution in [0.25, 0.3) is 0 Å². The first kappa shape index (κ1) is 16.4. The Hall–Kier alpha value is -0.930. The molecular weight excluding hydrogens is 263 g/mol. The van der Waals surface area contributed by atoms with E-state index >= 15 is 0 Å². The quantitative estimate of drug-likeness (QED) is 0.783. The van der Waals surface area contributed by atoms with E-state index in [2.05, 4.69) is 31.0 Å². The van der Waals surface area contributed by atoms with Gasteiger partial charge in [-0.1, -0.05) is 39.0 Å². The first-order valence-electron chi connectivity index (χ1n) is 8.18. The van der Waals surface area contributed by atoms with Crippen molar-refractivity contribution in [1.82, 2.24) is 10.2 Å². The predicted molar refractivity (Wildman–Crippen MR) is 86.8 cm³/mol. The second kappa shape index (κ2) is 7.37. The number of rotatable bonds is 8. The normalized spacial score (nSPS) is 18.2. The van der Waals surface area contributed by atoms with E-state index in [1.165, 1.54) is 12.8 Å². The van der Waals surface area contributed by atoms with Crippen LogP contribution >= 0.6 is 0 Å². The smallest absolute Gasteiger partial charge is 0.127 e. The van der Waals surface area contributed by atoms with Crippen LogP contribution in [-0.4, -0.2) is 31.1 Å². The molecule has 0 aromatic heterocycles. The fourth-order valence-electron chi connectivity index (χ4n) is 3.23. The molecule has 118 valence electrons. The zero-order valence-corrected chi connectivity index (χ0v) is 13.8. The highest BCUT2D eigenvalue weighted by atomic mass is 19.1. The third-order valence-electron chi connectivity index (χ3n) is 4.31. The van der Waals surface area contributed by atoms with E-state index in [-0.39, 0.29) is 11.9 Å². The van der Waals surface area contributed by atoms with E-state index in [9.17, 15) is 4.39 Å². The van der Waals surface area contributed by atoms with Crippen molar-refractivity contribution in [2.24, 2.45) is 11.8 Å². The van der Waals surface area contributed by atoms with Gasteiger partial charge in [-0.25, -0.2) is 4.39 Å². The Balaban J connectivity index is 2.05. The molecule has 0 saturated heterocycles. The SMILES string of the molecule is CNC(c1ccccc1F)C(C)CN(CC(C)C)C1CC1. The summed E-state index contributed by atoms with van der Waals surface area (Å²) in [6, 6.07) is 7.96. The van der Waals surface area contributed by atoms with E-state index in [1.54, 1.807) is 12.1 Å². The highest BCUT2D eigenvalue weighted by Gasteiger charge is 2.32. The molecule has 0 aliphatic heterocycles. The van der Waals surface area contributed by atoms with Crippen LogP contribution in [0.4, 0.5) is 4.39 Å². The van der Waals surface area contributed by atoms with Crippen LogP contribution in [0.2, 0.25) is 0 Å². The summed E-state index contributed by atoms with van der Waals surface area (Å²) in [5, 5.41) is 3.31. The van der Waals surface area contributed by atoms with Crippen molar-refractivity contribution in [2.75, 3.05) is 20.1 Å². The Morgan fingerprint density at radius 2 is 1.86 bits per heavy atom. The zero-order chi connectivity index (χ0) is 15.4. The molecule has 1 aliphatic carbocycles. The standard InChI is InChI=1S/C18H29FN2/c1-13(2)11-21(15-9-10-15)12-14(3)18(20-4)16-7-5-6-8-17(16)19/h5-8,13-15,18,20H,9-12H2,1-4H3. The second-order valence-corrected chi connectivity index (χ2v) is 6.84. The molecule has 2 atom stereocenters. The highest BCUT2D eigenvalue weighted by molar-refractivity contribution is 5.21. The van der Waals surface area contributed by atoms with Crippen LogP contribution in [0.3, 0.4) is 0 Å². The van der Waals surface area contributed by atoms with Crippen LogP contribution < -0.4 is 5.32 Å². The van der Waals surface area contributed by atoms with Gasteiger partial charge in [0.15, 0.2) is 0 Å². The van der Waals surface area contributed by atoms with Gasteiger partial charge in [-0.2, -0.15) is 0 Å². The monoisotopic (exact) mass is 292 g/mol. The molecule has 3 heteroatoms. The van der Waals surface area contributed by atoms with Crippen molar-refractivity contribution in [3.05, 3.63) is 35.6 Å². The molecule has 2 nitrogen and oxygen atoms in total. The summed E-state index contributed by atoms with van der Waals surface area (Å²) >= 11 is 0.